The molecule has 0 bridgehead atoms. The summed E-state index contributed by atoms with van der Waals surface area (Å²) in [6.45, 7) is 4.43. The minimum absolute atomic E-state index is 0.147. The molecule has 0 aliphatic heterocycles. The summed E-state index contributed by atoms with van der Waals surface area (Å²) < 4.78 is 0. The molecule has 1 amide bonds. The van der Waals surface area contributed by atoms with Gasteiger partial charge in [0.1, 0.15) is 0 Å². The molecule has 0 fully saturated rings. The van der Waals surface area contributed by atoms with Gasteiger partial charge in [0.25, 0.3) is 5.91 Å². The zero-order valence-electron chi connectivity index (χ0n) is 8.14. The fourth-order valence-corrected chi connectivity index (χ4v) is 0.967. The molecule has 0 spiro atoms. The van der Waals surface area contributed by atoms with Gasteiger partial charge in [-0.1, -0.05) is 5.92 Å². The van der Waals surface area contributed by atoms with E-state index in [-0.39, 0.29) is 11.9 Å². The second-order valence-corrected chi connectivity index (χ2v) is 3.01. The number of carbonyl (C=O) groups excluding carboxylic acids is 1. The first-order chi connectivity index (χ1) is 5.56. The van der Waals surface area contributed by atoms with Crippen molar-refractivity contribution >= 4 is 5.91 Å². The van der Waals surface area contributed by atoms with E-state index < -0.39 is 0 Å². The summed E-state index contributed by atoms with van der Waals surface area (Å²) >= 11 is 0. The molecular weight excluding hydrogens is 152 g/mol. The summed E-state index contributed by atoms with van der Waals surface area (Å²) in [5.41, 5.74) is 0. The van der Waals surface area contributed by atoms with Crippen LogP contribution in [0.5, 0.6) is 0 Å². The van der Waals surface area contributed by atoms with Gasteiger partial charge in [-0.3, -0.25) is 4.79 Å². The highest BCUT2D eigenvalue weighted by Crippen LogP contribution is 1.83. The van der Waals surface area contributed by atoms with Crippen molar-refractivity contribution in [1.82, 2.24) is 10.2 Å². The van der Waals surface area contributed by atoms with Crippen LogP contribution in [0.3, 0.4) is 0 Å². The van der Waals surface area contributed by atoms with E-state index in [0.29, 0.717) is 0 Å². The lowest BCUT2D eigenvalue weighted by molar-refractivity contribution is -0.116. The number of hydrogen-bond acceptors (Lipinski definition) is 2. The molecule has 0 aliphatic rings. The van der Waals surface area contributed by atoms with Crippen LogP contribution in [0.4, 0.5) is 0 Å². The van der Waals surface area contributed by atoms with Gasteiger partial charge in [0.2, 0.25) is 0 Å². The van der Waals surface area contributed by atoms with Crippen molar-refractivity contribution in [2.24, 2.45) is 0 Å². The second kappa shape index (κ2) is 5.62. The maximum Gasteiger partial charge on any atom is 0.296 e. The van der Waals surface area contributed by atoms with Gasteiger partial charge in [-0.2, -0.15) is 0 Å². The molecule has 0 radical (unpaired) electrons. The van der Waals surface area contributed by atoms with E-state index in [1.54, 1.807) is 6.92 Å². The summed E-state index contributed by atoms with van der Waals surface area (Å²) in [5, 5.41) is 2.76. The van der Waals surface area contributed by atoms with E-state index in [9.17, 15) is 4.79 Å². The van der Waals surface area contributed by atoms with E-state index in [0.717, 1.165) is 6.54 Å². The third kappa shape index (κ3) is 5.75. The van der Waals surface area contributed by atoms with Crippen LogP contribution in [0.2, 0.25) is 0 Å². The third-order valence-electron chi connectivity index (χ3n) is 1.26. The maximum absolute atomic E-state index is 10.9. The van der Waals surface area contributed by atoms with Crippen LogP contribution in [0.1, 0.15) is 13.8 Å². The summed E-state index contributed by atoms with van der Waals surface area (Å²) in [6, 6.07) is 0.147. The number of hydrogen-bond donors (Lipinski definition) is 1. The SMILES string of the molecule is CC#CC(=O)N[C@@H](C)CN(C)C. The Hall–Kier alpha value is -1.01. The highest BCUT2D eigenvalue weighted by molar-refractivity contribution is 5.93. The van der Waals surface area contributed by atoms with E-state index in [1.165, 1.54) is 0 Å². The molecule has 0 aromatic heterocycles. The van der Waals surface area contributed by atoms with Crippen molar-refractivity contribution in [2.75, 3.05) is 20.6 Å². The van der Waals surface area contributed by atoms with Gasteiger partial charge in [0.15, 0.2) is 0 Å². The standard InChI is InChI=1S/C9H16N2O/c1-5-6-9(12)10-8(2)7-11(3)4/h8H,7H2,1-4H3,(H,10,12)/t8-/m0/s1. The van der Waals surface area contributed by atoms with Crippen LogP contribution >= 0.6 is 0 Å². The first-order valence-electron chi connectivity index (χ1n) is 3.94. The molecule has 0 saturated carbocycles. The van der Waals surface area contributed by atoms with Crippen molar-refractivity contribution in [2.45, 2.75) is 19.9 Å². The minimum atomic E-state index is -0.202. The molecule has 0 unspecified atom stereocenters. The predicted octanol–water partition coefficient (Wildman–Crippen LogP) is 0.0760. The summed E-state index contributed by atoms with van der Waals surface area (Å²) in [5.74, 6) is 4.78. The largest absolute Gasteiger partial charge is 0.342 e. The lowest BCUT2D eigenvalue weighted by atomic mass is 10.3. The van der Waals surface area contributed by atoms with E-state index >= 15 is 0 Å². The molecule has 0 saturated heterocycles. The van der Waals surface area contributed by atoms with Gasteiger partial charge in [-0.15, -0.1) is 0 Å². The molecule has 68 valence electrons. The normalized spacial score (nSPS) is 11.8. The van der Waals surface area contributed by atoms with Gasteiger partial charge in [-0.05, 0) is 33.9 Å². The summed E-state index contributed by atoms with van der Waals surface area (Å²) in [7, 11) is 3.93. The van der Waals surface area contributed by atoms with Crippen LogP contribution in [0.25, 0.3) is 0 Å². The Morgan fingerprint density at radius 2 is 2.17 bits per heavy atom. The third-order valence-corrected chi connectivity index (χ3v) is 1.26. The summed E-state index contributed by atoms with van der Waals surface area (Å²) in [6.07, 6.45) is 0. The van der Waals surface area contributed by atoms with Crippen molar-refractivity contribution in [3.8, 4) is 11.8 Å². The smallest absolute Gasteiger partial charge is 0.296 e. The molecule has 12 heavy (non-hydrogen) atoms. The van der Waals surface area contributed by atoms with E-state index in [4.69, 9.17) is 0 Å². The Morgan fingerprint density at radius 3 is 2.58 bits per heavy atom. The van der Waals surface area contributed by atoms with Crippen LogP contribution in [0, 0.1) is 11.8 Å². The molecule has 1 atom stereocenters. The Bertz CT molecular complexity index is 200. The average Bonchev–Trinajstić information content (AvgIpc) is 1.84. The fraction of sp³-hybridized carbons (Fsp3) is 0.667. The zero-order valence-corrected chi connectivity index (χ0v) is 8.14. The van der Waals surface area contributed by atoms with Crippen molar-refractivity contribution in [3.63, 3.8) is 0 Å². The molecule has 0 aromatic rings. The van der Waals surface area contributed by atoms with E-state index in [1.807, 2.05) is 25.9 Å². The van der Waals surface area contributed by atoms with Gasteiger partial charge >= 0.3 is 0 Å². The topological polar surface area (TPSA) is 32.3 Å². The van der Waals surface area contributed by atoms with Crippen LogP contribution in [0.15, 0.2) is 0 Å². The molecule has 1 N–H and O–H groups in total. The Morgan fingerprint density at radius 1 is 1.58 bits per heavy atom. The highest BCUT2D eigenvalue weighted by atomic mass is 16.1. The molecule has 0 aromatic carbocycles. The van der Waals surface area contributed by atoms with Crippen molar-refractivity contribution < 1.29 is 4.79 Å². The van der Waals surface area contributed by atoms with Gasteiger partial charge in [0.05, 0.1) is 0 Å². The monoisotopic (exact) mass is 168 g/mol. The van der Waals surface area contributed by atoms with Crippen molar-refractivity contribution in [1.29, 1.82) is 0 Å². The van der Waals surface area contributed by atoms with Crippen molar-refractivity contribution in [3.05, 3.63) is 0 Å². The zero-order chi connectivity index (χ0) is 9.56. The quantitative estimate of drug-likeness (QED) is 0.605. The van der Waals surface area contributed by atoms with Gasteiger partial charge < -0.3 is 10.2 Å². The summed E-state index contributed by atoms with van der Waals surface area (Å²) in [4.78, 5) is 12.9. The second-order valence-electron chi connectivity index (χ2n) is 3.01. The van der Waals surface area contributed by atoms with Crippen LogP contribution in [-0.2, 0) is 4.79 Å². The number of nitrogens with zero attached hydrogens (tertiary/aromatic N) is 1. The molecule has 0 heterocycles. The fourth-order valence-electron chi connectivity index (χ4n) is 0.967. The first kappa shape index (κ1) is 11.0. The van der Waals surface area contributed by atoms with E-state index in [2.05, 4.69) is 17.2 Å². The number of rotatable bonds is 3. The lowest BCUT2D eigenvalue weighted by Gasteiger charge is -2.16. The van der Waals surface area contributed by atoms with Gasteiger partial charge in [-0.25, -0.2) is 0 Å². The average molecular weight is 168 g/mol. The number of likely N-dealkylation sites (N-methyl/N-ethyl adjacent to an activating group) is 1. The Balaban J connectivity index is 3.74. The molecule has 3 nitrogen and oxygen atoms in total. The molecule has 0 rings (SSSR count). The lowest BCUT2D eigenvalue weighted by Crippen LogP contribution is -2.38. The number of amides is 1. The highest BCUT2D eigenvalue weighted by Gasteiger charge is 2.04. The molecular formula is C9H16N2O. The Kier molecular flexibility index (Phi) is 5.14. The Labute approximate surface area is 74.1 Å². The van der Waals surface area contributed by atoms with Crippen LogP contribution in [-0.4, -0.2) is 37.5 Å². The first-order valence-corrected chi connectivity index (χ1v) is 3.94. The number of carbonyl (C=O) groups is 1. The minimum Gasteiger partial charge on any atom is -0.342 e. The van der Waals surface area contributed by atoms with Crippen LogP contribution < -0.4 is 5.32 Å². The predicted molar refractivity (Wildman–Crippen MR) is 49.6 cm³/mol. The van der Waals surface area contributed by atoms with Gasteiger partial charge in [0, 0.05) is 12.6 Å². The maximum atomic E-state index is 10.9. The molecule has 3 heteroatoms. The molecule has 0 aliphatic carbocycles. The number of nitrogens with one attached hydrogen (secondary N) is 1.